The van der Waals surface area contributed by atoms with Gasteiger partial charge < -0.3 is 5.32 Å². The summed E-state index contributed by atoms with van der Waals surface area (Å²) in [6, 6.07) is 9.32. The van der Waals surface area contributed by atoms with Gasteiger partial charge in [-0.25, -0.2) is 0 Å². The summed E-state index contributed by atoms with van der Waals surface area (Å²) in [5.41, 5.74) is -0.520. The fourth-order valence-electron chi connectivity index (χ4n) is 1.67. The molecule has 0 aliphatic heterocycles. The normalized spacial score (nSPS) is 11.0. The summed E-state index contributed by atoms with van der Waals surface area (Å²) in [5.74, 6) is 0. The predicted octanol–water partition coefficient (Wildman–Crippen LogP) is 5.63. The number of nitriles is 1. The van der Waals surface area contributed by atoms with Gasteiger partial charge in [-0.15, -0.1) is 0 Å². The van der Waals surface area contributed by atoms with Crippen LogP contribution in [0.3, 0.4) is 0 Å². The van der Waals surface area contributed by atoms with Crippen LogP contribution in [-0.2, 0) is 6.18 Å². The minimum absolute atomic E-state index is 0.152. The van der Waals surface area contributed by atoms with Crippen molar-refractivity contribution in [2.75, 3.05) is 5.32 Å². The van der Waals surface area contributed by atoms with E-state index in [1.54, 1.807) is 24.3 Å². The van der Waals surface area contributed by atoms with Crippen molar-refractivity contribution < 1.29 is 13.2 Å². The number of para-hydroxylation sites is 1. The van der Waals surface area contributed by atoms with Gasteiger partial charge >= 0.3 is 6.18 Å². The lowest BCUT2D eigenvalue weighted by atomic mass is 10.1. The Kier molecular flexibility index (Phi) is 4.31. The van der Waals surface area contributed by atoms with Gasteiger partial charge in [0.25, 0.3) is 0 Å². The third-order valence-electron chi connectivity index (χ3n) is 2.69. The first kappa shape index (κ1) is 15.5. The highest BCUT2D eigenvalue weighted by Crippen LogP contribution is 2.36. The molecule has 0 aliphatic rings. The Morgan fingerprint density at radius 1 is 1.05 bits per heavy atom. The van der Waals surface area contributed by atoms with E-state index >= 15 is 0 Å². The highest BCUT2D eigenvalue weighted by Gasteiger charge is 2.31. The lowest BCUT2D eigenvalue weighted by molar-refractivity contribution is -0.137. The molecule has 0 saturated heterocycles. The SMILES string of the molecule is N#Cc1cc(C(F)(F)F)ccc1Nc1c(Cl)cccc1Cl. The lowest BCUT2D eigenvalue weighted by Crippen LogP contribution is -2.06. The number of rotatable bonds is 2. The molecule has 0 aliphatic carbocycles. The summed E-state index contributed by atoms with van der Waals surface area (Å²) in [6.45, 7) is 0. The minimum Gasteiger partial charge on any atom is -0.352 e. The second kappa shape index (κ2) is 5.84. The molecule has 2 aromatic carbocycles. The van der Waals surface area contributed by atoms with Crippen molar-refractivity contribution in [2.45, 2.75) is 6.18 Å². The number of hydrogen-bond donors (Lipinski definition) is 1. The van der Waals surface area contributed by atoms with E-state index in [0.29, 0.717) is 15.7 Å². The van der Waals surface area contributed by atoms with Crippen LogP contribution >= 0.6 is 23.2 Å². The van der Waals surface area contributed by atoms with Crippen molar-refractivity contribution in [3.05, 3.63) is 57.6 Å². The Morgan fingerprint density at radius 3 is 2.19 bits per heavy atom. The molecular formula is C14H7Cl2F3N2. The molecule has 2 rings (SSSR count). The topological polar surface area (TPSA) is 35.8 Å². The molecule has 0 amide bonds. The Balaban J connectivity index is 2.44. The fraction of sp³-hybridized carbons (Fsp3) is 0.0714. The third-order valence-corrected chi connectivity index (χ3v) is 3.32. The Bertz CT molecular complexity index is 701. The Hall–Kier alpha value is -1.90. The molecule has 1 N–H and O–H groups in total. The maximum absolute atomic E-state index is 12.6. The molecule has 0 aromatic heterocycles. The molecule has 2 aromatic rings. The molecule has 108 valence electrons. The number of alkyl halides is 3. The van der Waals surface area contributed by atoms with Gasteiger partial charge in [-0.2, -0.15) is 18.4 Å². The van der Waals surface area contributed by atoms with E-state index in [9.17, 15) is 13.2 Å². The van der Waals surface area contributed by atoms with Gasteiger partial charge in [0.1, 0.15) is 6.07 Å². The quantitative estimate of drug-likeness (QED) is 0.774. The van der Waals surface area contributed by atoms with Gasteiger partial charge in [0, 0.05) is 0 Å². The van der Waals surface area contributed by atoms with Crippen molar-refractivity contribution in [1.82, 2.24) is 0 Å². The second-order valence-electron chi connectivity index (χ2n) is 4.09. The van der Waals surface area contributed by atoms with E-state index in [1.807, 2.05) is 0 Å². The average Bonchev–Trinajstić information content (AvgIpc) is 2.42. The summed E-state index contributed by atoms with van der Waals surface area (Å²) in [7, 11) is 0. The van der Waals surface area contributed by atoms with Gasteiger partial charge in [0.15, 0.2) is 0 Å². The van der Waals surface area contributed by atoms with Gasteiger partial charge in [-0.05, 0) is 30.3 Å². The van der Waals surface area contributed by atoms with E-state index in [0.717, 1.165) is 12.1 Å². The molecule has 0 heterocycles. The number of nitrogens with one attached hydrogen (secondary N) is 1. The smallest absolute Gasteiger partial charge is 0.352 e. The summed E-state index contributed by atoms with van der Waals surface area (Å²) < 4.78 is 37.9. The monoisotopic (exact) mass is 330 g/mol. The van der Waals surface area contributed by atoms with Crippen LogP contribution in [0.2, 0.25) is 10.0 Å². The zero-order valence-corrected chi connectivity index (χ0v) is 11.8. The average molecular weight is 331 g/mol. The van der Waals surface area contributed by atoms with Gasteiger partial charge in [-0.1, -0.05) is 29.3 Å². The molecule has 0 spiro atoms. The van der Waals surface area contributed by atoms with Crippen LogP contribution in [0.1, 0.15) is 11.1 Å². The van der Waals surface area contributed by atoms with Crippen LogP contribution in [0.15, 0.2) is 36.4 Å². The van der Waals surface area contributed by atoms with Crippen molar-refractivity contribution in [3.63, 3.8) is 0 Å². The van der Waals surface area contributed by atoms with Crippen LogP contribution in [0.5, 0.6) is 0 Å². The summed E-state index contributed by atoms with van der Waals surface area (Å²) in [5, 5.41) is 12.4. The lowest BCUT2D eigenvalue weighted by Gasteiger charge is -2.13. The number of anilines is 2. The molecule has 0 fully saturated rings. The number of benzene rings is 2. The fourth-order valence-corrected chi connectivity index (χ4v) is 2.17. The zero-order valence-electron chi connectivity index (χ0n) is 10.3. The van der Waals surface area contributed by atoms with Crippen LogP contribution in [0.4, 0.5) is 24.5 Å². The van der Waals surface area contributed by atoms with Crippen molar-refractivity contribution in [1.29, 1.82) is 5.26 Å². The van der Waals surface area contributed by atoms with Crippen molar-refractivity contribution >= 4 is 34.6 Å². The first-order chi connectivity index (χ1) is 9.82. The van der Waals surface area contributed by atoms with Gasteiger partial charge in [0.05, 0.1) is 32.5 Å². The number of halogens is 5. The highest BCUT2D eigenvalue weighted by molar-refractivity contribution is 6.39. The highest BCUT2D eigenvalue weighted by atomic mass is 35.5. The Labute approximate surface area is 128 Å². The van der Waals surface area contributed by atoms with Gasteiger partial charge in [-0.3, -0.25) is 0 Å². The van der Waals surface area contributed by atoms with Crippen molar-refractivity contribution in [3.8, 4) is 6.07 Å². The zero-order chi connectivity index (χ0) is 15.6. The molecule has 0 unspecified atom stereocenters. The number of hydrogen-bond acceptors (Lipinski definition) is 2. The third kappa shape index (κ3) is 3.41. The minimum atomic E-state index is -4.51. The van der Waals surface area contributed by atoms with Crippen LogP contribution in [0.25, 0.3) is 0 Å². The van der Waals surface area contributed by atoms with Crippen molar-refractivity contribution in [2.24, 2.45) is 0 Å². The molecule has 0 bridgehead atoms. The molecular weight excluding hydrogens is 324 g/mol. The van der Waals surface area contributed by atoms with E-state index in [-0.39, 0.29) is 11.3 Å². The standard InChI is InChI=1S/C14H7Cl2F3N2/c15-10-2-1-3-11(16)13(10)21-12-5-4-9(14(17,18)19)6-8(12)7-20/h1-6,21H. The molecule has 7 heteroatoms. The van der Waals surface area contributed by atoms with Crippen LogP contribution < -0.4 is 5.32 Å². The summed E-state index contributed by atoms with van der Waals surface area (Å²) in [4.78, 5) is 0. The maximum atomic E-state index is 12.6. The molecule has 0 saturated carbocycles. The van der Waals surface area contributed by atoms with E-state index < -0.39 is 11.7 Å². The second-order valence-corrected chi connectivity index (χ2v) is 4.91. The summed E-state index contributed by atoms with van der Waals surface area (Å²) in [6.07, 6.45) is -4.51. The largest absolute Gasteiger partial charge is 0.416 e. The molecule has 2 nitrogen and oxygen atoms in total. The van der Waals surface area contributed by atoms with Gasteiger partial charge in [0.2, 0.25) is 0 Å². The predicted molar refractivity (Wildman–Crippen MR) is 75.9 cm³/mol. The first-order valence-corrected chi connectivity index (χ1v) is 6.41. The number of nitrogens with zero attached hydrogens (tertiary/aromatic N) is 1. The van der Waals surface area contributed by atoms with E-state index in [2.05, 4.69) is 5.32 Å². The maximum Gasteiger partial charge on any atom is 0.416 e. The molecule has 0 atom stereocenters. The van der Waals surface area contributed by atoms with E-state index in [1.165, 1.54) is 6.07 Å². The van der Waals surface area contributed by atoms with E-state index in [4.69, 9.17) is 28.5 Å². The molecule has 0 radical (unpaired) electrons. The Morgan fingerprint density at radius 2 is 1.67 bits per heavy atom. The van der Waals surface area contributed by atoms with Crippen LogP contribution in [-0.4, -0.2) is 0 Å². The summed E-state index contributed by atoms with van der Waals surface area (Å²) >= 11 is 11.9. The van der Waals surface area contributed by atoms with Crippen LogP contribution in [0, 0.1) is 11.3 Å². The molecule has 21 heavy (non-hydrogen) atoms. The first-order valence-electron chi connectivity index (χ1n) is 5.65.